The van der Waals surface area contributed by atoms with E-state index < -0.39 is 11.8 Å². The first kappa shape index (κ1) is 19.7. The molecule has 3 aromatic rings. The van der Waals surface area contributed by atoms with Gasteiger partial charge in [0.05, 0.1) is 29.2 Å². The summed E-state index contributed by atoms with van der Waals surface area (Å²) in [7, 11) is 0. The molecule has 1 unspecified atom stereocenters. The van der Waals surface area contributed by atoms with Gasteiger partial charge in [-0.15, -0.1) is 0 Å². The van der Waals surface area contributed by atoms with Crippen molar-refractivity contribution in [2.45, 2.75) is 31.2 Å². The number of carbonyl (C=O) groups is 2. The van der Waals surface area contributed by atoms with Gasteiger partial charge in [-0.25, -0.2) is 13.9 Å². The Morgan fingerprint density at radius 1 is 1.12 bits per heavy atom. The quantitative estimate of drug-likeness (QED) is 0.632. The molecule has 2 aliphatic heterocycles. The number of nitrogens with zero attached hydrogens (tertiary/aromatic N) is 3. The van der Waals surface area contributed by atoms with Gasteiger partial charge in [0.1, 0.15) is 23.7 Å². The minimum atomic E-state index is -1.01. The van der Waals surface area contributed by atoms with Crippen LogP contribution in [0, 0.1) is 5.82 Å². The van der Waals surface area contributed by atoms with Crippen LogP contribution >= 0.6 is 0 Å². The highest BCUT2D eigenvalue weighted by Gasteiger charge is 2.37. The number of benzene rings is 2. The fourth-order valence-electron chi connectivity index (χ4n) is 4.65. The Morgan fingerprint density at radius 2 is 1.94 bits per heavy atom. The summed E-state index contributed by atoms with van der Waals surface area (Å²) in [5, 5.41) is 13.8. The number of fused-ring (bicyclic) bond motifs is 2. The highest BCUT2D eigenvalue weighted by molar-refractivity contribution is 5.97. The monoisotopic (exact) mass is 445 g/mol. The third-order valence-corrected chi connectivity index (χ3v) is 6.44. The molecular weight excluding hydrogens is 425 g/mol. The van der Waals surface area contributed by atoms with Gasteiger partial charge in [0.2, 0.25) is 0 Å². The summed E-state index contributed by atoms with van der Waals surface area (Å²) in [6, 6.07) is 11.8. The molecule has 7 nitrogen and oxygen atoms in total. The van der Waals surface area contributed by atoms with E-state index in [0.29, 0.717) is 35.5 Å². The summed E-state index contributed by atoms with van der Waals surface area (Å²) in [6.07, 6.45) is 5.53. The van der Waals surface area contributed by atoms with Gasteiger partial charge in [-0.2, -0.15) is 5.10 Å². The molecule has 1 aromatic heterocycles. The number of carboxylic acids is 1. The van der Waals surface area contributed by atoms with E-state index in [2.05, 4.69) is 5.10 Å². The maximum atomic E-state index is 15.6. The van der Waals surface area contributed by atoms with E-state index in [9.17, 15) is 14.7 Å². The van der Waals surface area contributed by atoms with Crippen molar-refractivity contribution in [3.8, 4) is 16.8 Å². The van der Waals surface area contributed by atoms with E-state index in [1.54, 1.807) is 46.1 Å². The molecule has 1 N–H and O–H groups in total. The average molecular weight is 445 g/mol. The predicted molar refractivity (Wildman–Crippen MR) is 117 cm³/mol. The van der Waals surface area contributed by atoms with Gasteiger partial charge in [0.15, 0.2) is 0 Å². The molecule has 0 radical (unpaired) electrons. The van der Waals surface area contributed by atoms with Crippen molar-refractivity contribution < 1.29 is 23.8 Å². The van der Waals surface area contributed by atoms with E-state index in [1.807, 2.05) is 6.07 Å². The molecule has 2 aromatic carbocycles. The van der Waals surface area contributed by atoms with Gasteiger partial charge < -0.3 is 14.7 Å². The molecule has 1 atom stereocenters. The molecule has 3 heterocycles. The highest BCUT2D eigenvalue weighted by Crippen LogP contribution is 2.42. The molecule has 8 heteroatoms. The third-order valence-electron chi connectivity index (χ3n) is 6.44. The SMILES string of the molecule is O=C(O)c1cnn(-c2cccc(-c3cccc(C(=O)N4C=C5CC4CO5)c3F)c2)c1C1CC1. The number of rotatable bonds is 5. The zero-order chi connectivity index (χ0) is 22.7. The standard InChI is InChI=1S/C25H20FN3O4/c26-22-19(5-2-6-20(22)24(30)28-12-18-10-17(28)13-33-18)15-3-1-4-16(9-15)29-23(14-7-8-14)21(11-27-29)25(31)32/h1-6,9,11-12,14,17H,7-8,10,13H2,(H,31,32). The lowest BCUT2D eigenvalue weighted by Crippen LogP contribution is -2.35. The number of hydrogen-bond donors (Lipinski definition) is 1. The Labute approximate surface area is 188 Å². The molecule has 2 bridgehead atoms. The minimum absolute atomic E-state index is 0.00762. The fraction of sp³-hybridized carbons (Fsp3) is 0.240. The van der Waals surface area contributed by atoms with E-state index in [0.717, 1.165) is 18.6 Å². The van der Waals surface area contributed by atoms with Crippen LogP contribution in [0.15, 0.2) is 60.6 Å². The van der Waals surface area contributed by atoms with Gasteiger partial charge in [-0.05, 0) is 36.6 Å². The van der Waals surface area contributed by atoms with Crippen LogP contribution in [-0.2, 0) is 4.74 Å². The first-order valence-electron chi connectivity index (χ1n) is 10.9. The number of amides is 1. The Morgan fingerprint density at radius 3 is 2.64 bits per heavy atom. The lowest BCUT2D eigenvalue weighted by Gasteiger charge is -2.23. The third kappa shape index (κ3) is 3.21. The van der Waals surface area contributed by atoms with Crippen LogP contribution in [0.2, 0.25) is 0 Å². The number of carboxylic acid groups (broad SMARTS) is 1. The van der Waals surface area contributed by atoms with E-state index >= 15 is 4.39 Å². The zero-order valence-electron chi connectivity index (χ0n) is 17.6. The van der Waals surface area contributed by atoms with Crippen molar-refractivity contribution in [2.75, 3.05) is 6.61 Å². The number of halogens is 1. The molecular formula is C25H20FN3O4. The molecule has 3 aliphatic rings. The lowest BCUT2D eigenvalue weighted by molar-refractivity contribution is 0.0693. The first-order valence-corrected chi connectivity index (χ1v) is 10.9. The number of aromatic carboxylic acids is 1. The number of carbonyl (C=O) groups excluding carboxylic acids is 1. The average Bonchev–Trinajstić information content (AvgIpc) is 3.22. The molecule has 0 spiro atoms. The van der Waals surface area contributed by atoms with Gasteiger partial charge >= 0.3 is 5.97 Å². The van der Waals surface area contributed by atoms with E-state index in [4.69, 9.17) is 4.74 Å². The second-order valence-electron chi connectivity index (χ2n) is 8.63. The van der Waals surface area contributed by atoms with Crippen molar-refractivity contribution in [3.05, 3.63) is 83.3 Å². The first-order chi connectivity index (χ1) is 16.0. The summed E-state index contributed by atoms with van der Waals surface area (Å²) in [6.45, 7) is 0.437. The Balaban J connectivity index is 1.38. The predicted octanol–water partition coefficient (Wildman–Crippen LogP) is 4.34. The van der Waals surface area contributed by atoms with Crippen LogP contribution in [0.5, 0.6) is 0 Å². The zero-order valence-corrected chi connectivity index (χ0v) is 17.6. The van der Waals surface area contributed by atoms with Crippen LogP contribution in [0.1, 0.15) is 51.6 Å². The van der Waals surface area contributed by atoms with Crippen LogP contribution in [0.4, 0.5) is 4.39 Å². The largest absolute Gasteiger partial charge is 0.494 e. The van der Waals surface area contributed by atoms with Crippen molar-refractivity contribution in [1.29, 1.82) is 0 Å². The van der Waals surface area contributed by atoms with Crippen LogP contribution < -0.4 is 0 Å². The number of hydrogen-bond acceptors (Lipinski definition) is 4. The molecule has 2 fully saturated rings. The molecule has 1 aliphatic carbocycles. The maximum absolute atomic E-state index is 15.6. The summed E-state index contributed by atoms with van der Waals surface area (Å²) < 4.78 is 22.6. The Kier molecular flexibility index (Phi) is 4.36. The summed E-state index contributed by atoms with van der Waals surface area (Å²) in [5.41, 5.74) is 2.40. The van der Waals surface area contributed by atoms with Gasteiger partial charge in [-0.3, -0.25) is 4.79 Å². The van der Waals surface area contributed by atoms with Crippen molar-refractivity contribution in [1.82, 2.24) is 14.7 Å². The second kappa shape index (κ2) is 7.30. The van der Waals surface area contributed by atoms with Crippen molar-refractivity contribution in [3.63, 3.8) is 0 Å². The van der Waals surface area contributed by atoms with Crippen molar-refractivity contribution >= 4 is 11.9 Å². The summed E-state index contributed by atoms with van der Waals surface area (Å²) >= 11 is 0. The normalized spacial score (nSPS) is 18.9. The van der Waals surface area contributed by atoms with Gasteiger partial charge in [-0.1, -0.05) is 24.3 Å². The van der Waals surface area contributed by atoms with Crippen LogP contribution in [0.25, 0.3) is 16.8 Å². The van der Waals surface area contributed by atoms with Crippen LogP contribution in [0.3, 0.4) is 0 Å². The summed E-state index contributed by atoms with van der Waals surface area (Å²) in [4.78, 5) is 26.2. The molecule has 33 heavy (non-hydrogen) atoms. The number of ether oxygens (including phenoxy) is 1. The smallest absolute Gasteiger partial charge is 0.339 e. The molecule has 1 saturated carbocycles. The highest BCUT2D eigenvalue weighted by atomic mass is 19.1. The Bertz CT molecular complexity index is 1340. The summed E-state index contributed by atoms with van der Waals surface area (Å²) in [5.74, 6) is -1.07. The minimum Gasteiger partial charge on any atom is -0.494 e. The fourth-order valence-corrected chi connectivity index (χ4v) is 4.65. The molecule has 6 rings (SSSR count). The molecule has 1 saturated heterocycles. The Hall–Kier alpha value is -3.94. The lowest BCUT2D eigenvalue weighted by atomic mass is 10.0. The van der Waals surface area contributed by atoms with E-state index in [-0.39, 0.29) is 29.0 Å². The molecule has 1 amide bonds. The van der Waals surface area contributed by atoms with Gasteiger partial charge in [0.25, 0.3) is 5.91 Å². The molecule has 166 valence electrons. The topological polar surface area (TPSA) is 84.7 Å². The van der Waals surface area contributed by atoms with Gasteiger partial charge in [0, 0.05) is 24.1 Å². The maximum Gasteiger partial charge on any atom is 0.339 e. The number of aromatic nitrogens is 2. The van der Waals surface area contributed by atoms with E-state index in [1.165, 1.54) is 12.3 Å². The second-order valence-corrected chi connectivity index (χ2v) is 8.63. The van der Waals surface area contributed by atoms with Crippen LogP contribution in [-0.4, -0.2) is 44.3 Å². The van der Waals surface area contributed by atoms with Crippen molar-refractivity contribution in [2.24, 2.45) is 0 Å².